The molecule has 2 aromatic heterocycles. The van der Waals surface area contributed by atoms with Gasteiger partial charge in [-0.1, -0.05) is 18.2 Å². The molecule has 0 atom stereocenters. The molecule has 0 saturated carbocycles. The number of thiazole rings is 1. The van der Waals surface area contributed by atoms with Gasteiger partial charge in [-0.15, -0.1) is 23.1 Å². The van der Waals surface area contributed by atoms with Gasteiger partial charge in [-0.05, 0) is 37.3 Å². The molecular formula is C22H19N5O3S2. The highest BCUT2D eigenvalue weighted by atomic mass is 32.2. The van der Waals surface area contributed by atoms with Crippen molar-refractivity contribution in [1.82, 2.24) is 25.6 Å². The van der Waals surface area contributed by atoms with Gasteiger partial charge in [0.2, 0.25) is 0 Å². The van der Waals surface area contributed by atoms with Gasteiger partial charge in [0.05, 0.1) is 16.1 Å². The number of hydrogen-bond acceptors (Lipinski definition) is 7. The third kappa shape index (κ3) is 4.71. The van der Waals surface area contributed by atoms with Crippen LogP contribution in [0.15, 0.2) is 63.6 Å². The molecular weight excluding hydrogens is 446 g/mol. The molecule has 8 nitrogen and oxygen atoms in total. The molecule has 162 valence electrons. The van der Waals surface area contributed by atoms with E-state index in [2.05, 4.69) is 20.9 Å². The lowest BCUT2D eigenvalue weighted by atomic mass is 10.1. The standard InChI is InChI=1S/C22H19N5O3S2/c1-13-23-15(11-31-13)12-32-16-9-7-14(8-10-16)20(28)24-25-21(29)19-17-5-3-4-6-18(17)22(30)27(2)26-19/h3-11H,12H2,1-2H3,(H,24,28)(H,25,29). The zero-order chi connectivity index (χ0) is 22.7. The molecule has 0 radical (unpaired) electrons. The number of benzene rings is 2. The molecule has 0 aliphatic rings. The van der Waals surface area contributed by atoms with Gasteiger partial charge in [-0.25, -0.2) is 9.67 Å². The summed E-state index contributed by atoms with van der Waals surface area (Å²) in [7, 11) is 1.47. The Kier molecular flexibility index (Phi) is 6.33. The molecule has 10 heteroatoms. The van der Waals surface area contributed by atoms with Crippen LogP contribution in [-0.4, -0.2) is 26.6 Å². The quantitative estimate of drug-likeness (QED) is 0.347. The smallest absolute Gasteiger partial charge is 0.267 e. The van der Waals surface area contributed by atoms with E-state index in [1.807, 2.05) is 24.4 Å². The van der Waals surface area contributed by atoms with E-state index >= 15 is 0 Å². The summed E-state index contributed by atoms with van der Waals surface area (Å²) in [6.45, 7) is 1.97. The lowest BCUT2D eigenvalue weighted by molar-refractivity contribution is 0.0844. The molecule has 2 heterocycles. The number of aryl methyl sites for hydroxylation is 2. The van der Waals surface area contributed by atoms with Crippen molar-refractivity contribution in [1.29, 1.82) is 0 Å². The summed E-state index contributed by atoms with van der Waals surface area (Å²) >= 11 is 3.25. The first-order chi connectivity index (χ1) is 15.4. The van der Waals surface area contributed by atoms with Crippen LogP contribution in [0.25, 0.3) is 10.8 Å². The van der Waals surface area contributed by atoms with E-state index in [1.165, 1.54) is 7.05 Å². The molecule has 0 spiro atoms. The van der Waals surface area contributed by atoms with Gasteiger partial charge in [0.25, 0.3) is 17.4 Å². The Bertz CT molecular complexity index is 1360. The molecule has 4 aromatic rings. The highest BCUT2D eigenvalue weighted by Gasteiger charge is 2.16. The predicted octanol–water partition coefficient (Wildman–Crippen LogP) is 3.07. The van der Waals surface area contributed by atoms with Crippen molar-refractivity contribution < 1.29 is 9.59 Å². The Morgan fingerprint density at radius 2 is 1.72 bits per heavy atom. The van der Waals surface area contributed by atoms with Gasteiger partial charge in [-0.3, -0.25) is 25.2 Å². The second-order valence-electron chi connectivity index (χ2n) is 6.90. The minimum absolute atomic E-state index is 0.0482. The van der Waals surface area contributed by atoms with Gasteiger partial charge in [0, 0.05) is 34.0 Å². The Hall–Kier alpha value is -3.50. The Labute approximate surface area is 191 Å². The predicted molar refractivity (Wildman–Crippen MR) is 125 cm³/mol. The maximum absolute atomic E-state index is 12.6. The summed E-state index contributed by atoms with van der Waals surface area (Å²) in [4.78, 5) is 42.7. The average Bonchev–Trinajstić information content (AvgIpc) is 3.23. The normalized spacial score (nSPS) is 10.8. The number of carbonyl (C=O) groups excluding carboxylic acids is 2. The molecule has 0 fully saturated rings. The number of rotatable bonds is 5. The number of aromatic nitrogens is 3. The van der Waals surface area contributed by atoms with E-state index < -0.39 is 11.8 Å². The van der Waals surface area contributed by atoms with Crippen molar-refractivity contribution in [2.24, 2.45) is 7.05 Å². The second kappa shape index (κ2) is 9.33. The summed E-state index contributed by atoms with van der Waals surface area (Å²) in [5.41, 5.74) is 5.94. The van der Waals surface area contributed by atoms with Crippen LogP contribution in [0, 0.1) is 6.92 Å². The third-order valence-electron chi connectivity index (χ3n) is 4.63. The number of fused-ring (bicyclic) bond motifs is 1. The maximum Gasteiger partial charge on any atom is 0.290 e. The van der Waals surface area contributed by atoms with Crippen LogP contribution in [0.1, 0.15) is 31.5 Å². The summed E-state index contributed by atoms with van der Waals surface area (Å²) in [5, 5.41) is 7.91. The lowest BCUT2D eigenvalue weighted by Gasteiger charge is -2.10. The summed E-state index contributed by atoms with van der Waals surface area (Å²) in [6.07, 6.45) is 0. The molecule has 2 N–H and O–H groups in total. The van der Waals surface area contributed by atoms with Gasteiger partial charge in [0.15, 0.2) is 5.69 Å². The first-order valence-corrected chi connectivity index (χ1v) is 11.5. The third-order valence-corrected chi connectivity index (χ3v) is 6.50. The number of amides is 2. The molecule has 4 rings (SSSR count). The van der Waals surface area contributed by atoms with E-state index in [9.17, 15) is 14.4 Å². The Balaban J connectivity index is 1.39. The van der Waals surface area contributed by atoms with Gasteiger partial charge >= 0.3 is 0 Å². The van der Waals surface area contributed by atoms with E-state index in [4.69, 9.17) is 0 Å². The SMILES string of the molecule is Cc1nc(CSc2ccc(C(=O)NNC(=O)c3nn(C)c(=O)c4ccccc34)cc2)cs1. The maximum atomic E-state index is 12.6. The number of nitrogens with zero attached hydrogens (tertiary/aromatic N) is 3. The summed E-state index contributed by atoms with van der Waals surface area (Å²) in [5.74, 6) is -0.318. The molecule has 0 aliphatic heterocycles. The lowest BCUT2D eigenvalue weighted by Crippen LogP contribution is -2.42. The first-order valence-electron chi connectivity index (χ1n) is 9.63. The first kappa shape index (κ1) is 21.7. The number of hydrogen-bond donors (Lipinski definition) is 2. The van der Waals surface area contributed by atoms with Crippen LogP contribution in [0.2, 0.25) is 0 Å². The topological polar surface area (TPSA) is 106 Å². The Morgan fingerprint density at radius 1 is 1.03 bits per heavy atom. The number of nitrogens with one attached hydrogen (secondary N) is 2. The number of carbonyl (C=O) groups is 2. The number of hydrazine groups is 1. The van der Waals surface area contributed by atoms with Crippen LogP contribution >= 0.6 is 23.1 Å². The van der Waals surface area contributed by atoms with Gasteiger partial charge in [0.1, 0.15) is 0 Å². The van der Waals surface area contributed by atoms with Crippen molar-refractivity contribution in [3.05, 3.63) is 86.2 Å². The van der Waals surface area contributed by atoms with E-state index in [-0.39, 0.29) is 11.3 Å². The van der Waals surface area contributed by atoms with Crippen LogP contribution in [0.4, 0.5) is 0 Å². The minimum atomic E-state index is -0.615. The van der Waals surface area contributed by atoms with Crippen molar-refractivity contribution in [3.8, 4) is 0 Å². The summed E-state index contributed by atoms with van der Waals surface area (Å²) in [6, 6.07) is 13.8. The average molecular weight is 466 g/mol. The van der Waals surface area contributed by atoms with Crippen LogP contribution in [0.3, 0.4) is 0 Å². The van der Waals surface area contributed by atoms with E-state index in [1.54, 1.807) is 59.5 Å². The molecule has 2 aromatic carbocycles. The molecule has 0 bridgehead atoms. The Morgan fingerprint density at radius 3 is 2.41 bits per heavy atom. The summed E-state index contributed by atoms with van der Waals surface area (Å²) < 4.78 is 1.10. The highest BCUT2D eigenvalue weighted by Crippen LogP contribution is 2.23. The molecule has 0 saturated heterocycles. The molecule has 2 amide bonds. The molecule has 32 heavy (non-hydrogen) atoms. The van der Waals surface area contributed by atoms with Crippen molar-refractivity contribution >= 4 is 45.7 Å². The van der Waals surface area contributed by atoms with Crippen molar-refractivity contribution in [2.45, 2.75) is 17.6 Å². The monoisotopic (exact) mass is 465 g/mol. The highest BCUT2D eigenvalue weighted by molar-refractivity contribution is 7.98. The fourth-order valence-corrected chi connectivity index (χ4v) is 4.56. The van der Waals surface area contributed by atoms with Crippen molar-refractivity contribution in [3.63, 3.8) is 0 Å². The molecule has 0 aliphatic carbocycles. The van der Waals surface area contributed by atoms with Gasteiger partial charge in [-0.2, -0.15) is 5.10 Å². The fraction of sp³-hybridized carbons (Fsp3) is 0.136. The zero-order valence-corrected chi connectivity index (χ0v) is 18.9. The number of thioether (sulfide) groups is 1. The second-order valence-corrected chi connectivity index (χ2v) is 9.01. The zero-order valence-electron chi connectivity index (χ0n) is 17.3. The van der Waals surface area contributed by atoms with E-state index in [0.29, 0.717) is 16.3 Å². The van der Waals surface area contributed by atoms with Crippen LogP contribution < -0.4 is 16.4 Å². The minimum Gasteiger partial charge on any atom is -0.267 e. The largest absolute Gasteiger partial charge is 0.290 e. The molecule has 0 unspecified atom stereocenters. The van der Waals surface area contributed by atoms with Gasteiger partial charge < -0.3 is 0 Å². The van der Waals surface area contributed by atoms with E-state index in [0.717, 1.165) is 26.0 Å². The van der Waals surface area contributed by atoms with Crippen LogP contribution in [0.5, 0.6) is 0 Å². The fourth-order valence-electron chi connectivity index (χ4n) is 3.05. The van der Waals surface area contributed by atoms with Crippen molar-refractivity contribution in [2.75, 3.05) is 0 Å². The van der Waals surface area contributed by atoms with Crippen LogP contribution in [-0.2, 0) is 12.8 Å².